The van der Waals surface area contributed by atoms with E-state index in [1.807, 2.05) is 27.2 Å². The van der Waals surface area contributed by atoms with Crippen LogP contribution >= 0.6 is 0 Å². The number of hydrogen-bond donors (Lipinski definition) is 0. The molecule has 0 amide bonds. The van der Waals surface area contributed by atoms with Crippen molar-refractivity contribution in [3.05, 3.63) is 24.4 Å². The van der Waals surface area contributed by atoms with E-state index in [0.717, 1.165) is 28.1 Å². The van der Waals surface area contributed by atoms with Crippen LogP contribution in [0.1, 0.15) is 5.82 Å². The molecule has 0 bridgehead atoms. The second kappa shape index (κ2) is 3.38. The van der Waals surface area contributed by atoms with Gasteiger partial charge in [-0.25, -0.2) is 9.97 Å². The molecule has 3 aromatic rings. The summed E-state index contributed by atoms with van der Waals surface area (Å²) in [4.78, 5) is 8.87. The van der Waals surface area contributed by atoms with E-state index in [4.69, 9.17) is 0 Å². The van der Waals surface area contributed by atoms with Gasteiger partial charge in [0, 0.05) is 25.9 Å². The lowest BCUT2D eigenvalue weighted by Gasteiger charge is -2.01. The van der Waals surface area contributed by atoms with Crippen molar-refractivity contribution in [1.82, 2.24) is 29.5 Å². The quantitative estimate of drug-likeness (QED) is 0.625. The standard InChI is InChI=1S/C11H12N6/c1-7-14-10(8-4-12-16(2)6-8)9-5-13-17(3)11(9)15-7/h4-6H,1-3H3. The molecule has 86 valence electrons. The van der Waals surface area contributed by atoms with Crippen LogP contribution in [0.3, 0.4) is 0 Å². The van der Waals surface area contributed by atoms with Crippen molar-refractivity contribution < 1.29 is 0 Å². The van der Waals surface area contributed by atoms with Crippen LogP contribution < -0.4 is 0 Å². The van der Waals surface area contributed by atoms with Gasteiger partial charge >= 0.3 is 0 Å². The van der Waals surface area contributed by atoms with Gasteiger partial charge in [-0.15, -0.1) is 0 Å². The summed E-state index contributed by atoms with van der Waals surface area (Å²) < 4.78 is 3.51. The summed E-state index contributed by atoms with van der Waals surface area (Å²) >= 11 is 0. The molecular formula is C11H12N6. The van der Waals surface area contributed by atoms with Gasteiger partial charge in [-0.1, -0.05) is 0 Å². The summed E-state index contributed by atoms with van der Waals surface area (Å²) in [6, 6.07) is 0. The number of fused-ring (bicyclic) bond motifs is 1. The van der Waals surface area contributed by atoms with Crippen LogP contribution in [-0.4, -0.2) is 29.5 Å². The van der Waals surface area contributed by atoms with Gasteiger partial charge < -0.3 is 0 Å². The smallest absolute Gasteiger partial charge is 0.161 e. The number of rotatable bonds is 1. The van der Waals surface area contributed by atoms with Crippen molar-refractivity contribution >= 4 is 11.0 Å². The van der Waals surface area contributed by atoms with Crippen molar-refractivity contribution in [2.45, 2.75) is 6.92 Å². The second-order valence-corrected chi connectivity index (χ2v) is 4.03. The van der Waals surface area contributed by atoms with Crippen LogP contribution in [-0.2, 0) is 14.1 Å². The molecule has 0 N–H and O–H groups in total. The molecule has 0 spiro atoms. The van der Waals surface area contributed by atoms with Crippen LogP contribution in [0.25, 0.3) is 22.3 Å². The fourth-order valence-corrected chi connectivity index (χ4v) is 1.89. The molecule has 3 aromatic heterocycles. The SMILES string of the molecule is Cc1nc(-c2cnn(C)c2)c2cnn(C)c2n1. The summed E-state index contributed by atoms with van der Waals surface area (Å²) in [6.45, 7) is 1.88. The Hall–Kier alpha value is -2.24. The predicted octanol–water partition coefficient (Wildman–Crippen LogP) is 1.07. The molecular weight excluding hydrogens is 216 g/mol. The van der Waals surface area contributed by atoms with E-state index in [2.05, 4.69) is 20.2 Å². The summed E-state index contributed by atoms with van der Waals surface area (Å²) in [5, 5.41) is 9.33. The van der Waals surface area contributed by atoms with Gasteiger partial charge in [0.05, 0.1) is 23.5 Å². The molecule has 0 aromatic carbocycles. The first-order chi connectivity index (χ1) is 8.15. The highest BCUT2D eigenvalue weighted by Crippen LogP contribution is 2.24. The van der Waals surface area contributed by atoms with Crippen molar-refractivity contribution in [2.24, 2.45) is 14.1 Å². The molecule has 6 nitrogen and oxygen atoms in total. The first-order valence-electron chi connectivity index (χ1n) is 5.30. The number of hydrogen-bond acceptors (Lipinski definition) is 4. The molecule has 0 unspecified atom stereocenters. The Morgan fingerprint density at radius 2 is 1.88 bits per heavy atom. The van der Waals surface area contributed by atoms with Gasteiger partial charge in [0.15, 0.2) is 5.65 Å². The summed E-state index contributed by atoms with van der Waals surface area (Å²) in [6.07, 6.45) is 5.53. The average Bonchev–Trinajstić information content (AvgIpc) is 2.86. The van der Waals surface area contributed by atoms with E-state index in [-0.39, 0.29) is 0 Å². The van der Waals surface area contributed by atoms with Crippen molar-refractivity contribution in [1.29, 1.82) is 0 Å². The molecule has 0 fully saturated rings. The Morgan fingerprint density at radius 1 is 1.06 bits per heavy atom. The molecule has 0 radical (unpaired) electrons. The van der Waals surface area contributed by atoms with Crippen molar-refractivity contribution in [3.63, 3.8) is 0 Å². The van der Waals surface area contributed by atoms with Crippen molar-refractivity contribution in [2.75, 3.05) is 0 Å². The van der Waals surface area contributed by atoms with Gasteiger partial charge in [-0.05, 0) is 6.92 Å². The van der Waals surface area contributed by atoms with Crippen molar-refractivity contribution in [3.8, 4) is 11.3 Å². The Bertz CT molecular complexity index is 693. The third kappa shape index (κ3) is 1.49. The Balaban J connectivity index is 2.35. The van der Waals surface area contributed by atoms with Crippen LogP contribution in [0.4, 0.5) is 0 Å². The van der Waals surface area contributed by atoms with Gasteiger partial charge in [0.1, 0.15) is 5.82 Å². The average molecular weight is 228 g/mol. The van der Waals surface area contributed by atoms with Gasteiger partial charge in [-0.3, -0.25) is 9.36 Å². The third-order valence-corrected chi connectivity index (χ3v) is 2.68. The lowest BCUT2D eigenvalue weighted by atomic mass is 10.2. The zero-order valence-corrected chi connectivity index (χ0v) is 9.92. The van der Waals surface area contributed by atoms with E-state index in [0.29, 0.717) is 0 Å². The molecule has 3 rings (SSSR count). The van der Waals surface area contributed by atoms with Crippen LogP contribution in [0, 0.1) is 6.92 Å². The Morgan fingerprint density at radius 3 is 2.59 bits per heavy atom. The van der Waals surface area contributed by atoms with Gasteiger partial charge in [-0.2, -0.15) is 10.2 Å². The van der Waals surface area contributed by atoms with E-state index in [1.165, 1.54) is 0 Å². The monoisotopic (exact) mass is 228 g/mol. The Kier molecular flexibility index (Phi) is 1.98. The third-order valence-electron chi connectivity index (χ3n) is 2.68. The summed E-state index contributed by atoms with van der Waals surface area (Å²) in [5.74, 6) is 0.736. The zero-order valence-electron chi connectivity index (χ0n) is 9.92. The lowest BCUT2D eigenvalue weighted by molar-refractivity contribution is 0.768. The normalized spacial score (nSPS) is 11.2. The minimum atomic E-state index is 0.736. The second-order valence-electron chi connectivity index (χ2n) is 4.03. The molecule has 0 saturated heterocycles. The summed E-state index contributed by atoms with van der Waals surface area (Å²) in [5.41, 5.74) is 2.71. The number of aryl methyl sites for hydroxylation is 3. The maximum absolute atomic E-state index is 4.48. The highest BCUT2D eigenvalue weighted by molar-refractivity contribution is 5.89. The highest BCUT2D eigenvalue weighted by Gasteiger charge is 2.12. The highest BCUT2D eigenvalue weighted by atomic mass is 15.3. The van der Waals surface area contributed by atoms with E-state index >= 15 is 0 Å². The number of nitrogens with zero attached hydrogens (tertiary/aromatic N) is 6. The van der Waals surface area contributed by atoms with Crippen LogP contribution in [0.2, 0.25) is 0 Å². The minimum Gasteiger partial charge on any atom is -0.275 e. The fourth-order valence-electron chi connectivity index (χ4n) is 1.89. The molecule has 6 heteroatoms. The largest absolute Gasteiger partial charge is 0.275 e. The molecule has 0 saturated carbocycles. The maximum atomic E-state index is 4.48. The van der Waals surface area contributed by atoms with Gasteiger partial charge in [0.2, 0.25) is 0 Å². The molecule has 17 heavy (non-hydrogen) atoms. The molecule has 0 aliphatic carbocycles. The predicted molar refractivity (Wildman–Crippen MR) is 63.2 cm³/mol. The maximum Gasteiger partial charge on any atom is 0.161 e. The first kappa shape index (κ1) is 9.95. The number of aromatic nitrogens is 6. The van der Waals surface area contributed by atoms with E-state index < -0.39 is 0 Å². The molecule has 0 aliphatic heterocycles. The van der Waals surface area contributed by atoms with Crippen LogP contribution in [0.15, 0.2) is 18.6 Å². The van der Waals surface area contributed by atoms with Gasteiger partial charge in [0.25, 0.3) is 0 Å². The first-order valence-corrected chi connectivity index (χ1v) is 5.30. The van der Waals surface area contributed by atoms with Crippen LogP contribution in [0.5, 0.6) is 0 Å². The minimum absolute atomic E-state index is 0.736. The molecule has 0 aliphatic rings. The molecule has 0 atom stereocenters. The summed E-state index contributed by atoms with van der Waals surface area (Å²) in [7, 11) is 3.76. The Labute approximate surface area is 97.9 Å². The zero-order chi connectivity index (χ0) is 12.0. The fraction of sp³-hybridized carbons (Fsp3) is 0.273. The van der Waals surface area contributed by atoms with E-state index in [1.54, 1.807) is 21.8 Å². The lowest BCUT2D eigenvalue weighted by Crippen LogP contribution is -1.96. The van der Waals surface area contributed by atoms with E-state index in [9.17, 15) is 0 Å². The molecule has 3 heterocycles. The topological polar surface area (TPSA) is 61.4 Å².